The molecule has 5 nitrogen and oxygen atoms in total. The zero-order valence-corrected chi connectivity index (χ0v) is 21.8. The topological polar surface area (TPSA) is 54.0 Å². The van der Waals surface area contributed by atoms with E-state index in [1.807, 2.05) is 44.2 Å². The average molecular weight is 519 g/mol. The molecule has 3 atom stereocenters. The Labute approximate surface area is 217 Å². The molecule has 8 heteroatoms. The van der Waals surface area contributed by atoms with E-state index in [9.17, 15) is 18.3 Å². The Bertz CT molecular complexity index is 1110. The number of fused-ring (bicyclic) bond motifs is 2. The largest absolute Gasteiger partial charge is 0.496 e. The van der Waals surface area contributed by atoms with E-state index in [2.05, 4.69) is 17.4 Å². The molecule has 4 rings (SSSR count). The number of aliphatic hydroxyl groups is 1. The molecular weight excluding hydrogens is 481 g/mol. The molecule has 0 saturated carbocycles. The molecule has 0 aromatic heterocycles. The highest BCUT2D eigenvalue weighted by molar-refractivity contribution is 5.79. The molecule has 1 heterocycles. The van der Waals surface area contributed by atoms with Crippen molar-refractivity contribution in [1.82, 2.24) is 10.2 Å². The first-order chi connectivity index (χ1) is 17.8. The zero-order valence-electron chi connectivity index (χ0n) is 21.8. The van der Waals surface area contributed by atoms with Crippen LogP contribution in [0.25, 0.3) is 5.57 Å². The van der Waals surface area contributed by atoms with E-state index in [1.54, 1.807) is 12.0 Å². The predicted molar refractivity (Wildman–Crippen MR) is 139 cm³/mol. The highest BCUT2D eigenvalue weighted by atomic mass is 19.3. The second-order valence-corrected chi connectivity index (χ2v) is 10.1. The van der Waals surface area contributed by atoms with Crippen LogP contribution < -0.4 is 14.8 Å². The number of alkyl halides is 3. The van der Waals surface area contributed by atoms with E-state index >= 15 is 0 Å². The highest BCUT2D eigenvalue weighted by Crippen LogP contribution is 2.51. The van der Waals surface area contributed by atoms with Crippen LogP contribution in [0.3, 0.4) is 0 Å². The normalized spacial score (nSPS) is 20.5. The number of aliphatic hydroxyl groups excluding tert-OH is 1. The van der Waals surface area contributed by atoms with E-state index in [-0.39, 0.29) is 18.8 Å². The number of nitrogens with one attached hydrogen (secondary N) is 1. The van der Waals surface area contributed by atoms with E-state index in [4.69, 9.17) is 9.47 Å². The van der Waals surface area contributed by atoms with Gasteiger partial charge in [-0.15, -0.1) is 0 Å². The van der Waals surface area contributed by atoms with Crippen molar-refractivity contribution in [2.45, 2.75) is 57.2 Å². The summed E-state index contributed by atoms with van der Waals surface area (Å²) in [4.78, 5) is 1.80. The molecule has 1 aliphatic heterocycles. The summed E-state index contributed by atoms with van der Waals surface area (Å²) in [6.45, 7) is 2.75. The summed E-state index contributed by atoms with van der Waals surface area (Å²) in [5.41, 5.74) is 5.43. The number of halogens is 3. The molecular formula is C29H37F3N2O3. The zero-order chi connectivity index (χ0) is 26.6. The maximum atomic E-state index is 14.6. The molecule has 0 amide bonds. The third-order valence-corrected chi connectivity index (χ3v) is 7.28. The lowest BCUT2D eigenvalue weighted by atomic mass is 9.84. The SMILES string of the molecule is COc1ccc(OC[C@H](C)NCCCF)cc1[C@@H]1C2=C(C[C@@H](C)N1CC(F)(F)CO)c1ccccc1C2. The lowest BCUT2D eigenvalue weighted by Gasteiger charge is -2.43. The fourth-order valence-electron chi connectivity index (χ4n) is 5.47. The monoisotopic (exact) mass is 518 g/mol. The first-order valence-corrected chi connectivity index (χ1v) is 12.9. The molecule has 0 spiro atoms. The number of ether oxygens (including phenoxy) is 2. The fourth-order valence-corrected chi connectivity index (χ4v) is 5.47. The van der Waals surface area contributed by atoms with Gasteiger partial charge in [0, 0.05) is 17.6 Å². The van der Waals surface area contributed by atoms with Crippen LogP contribution >= 0.6 is 0 Å². The van der Waals surface area contributed by atoms with Crippen molar-refractivity contribution in [2.75, 3.05) is 40.1 Å². The van der Waals surface area contributed by atoms with Gasteiger partial charge in [-0.3, -0.25) is 9.29 Å². The molecule has 202 valence electrons. The minimum absolute atomic E-state index is 0.0187. The highest BCUT2D eigenvalue weighted by Gasteiger charge is 2.44. The van der Waals surface area contributed by atoms with Gasteiger partial charge in [0.15, 0.2) is 0 Å². The van der Waals surface area contributed by atoms with Crippen LogP contribution in [-0.2, 0) is 6.42 Å². The third kappa shape index (κ3) is 6.13. The Morgan fingerprint density at radius 1 is 1.22 bits per heavy atom. The third-order valence-electron chi connectivity index (χ3n) is 7.28. The van der Waals surface area contributed by atoms with Crippen LogP contribution in [0, 0.1) is 0 Å². The Morgan fingerprint density at radius 3 is 2.73 bits per heavy atom. The van der Waals surface area contributed by atoms with Crippen LogP contribution in [0.2, 0.25) is 0 Å². The molecule has 0 saturated heterocycles. The summed E-state index contributed by atoms with van der Waals surface area (Å²) in [6.07, 6.45) is 1.78. The number of hydrogen-bond acceptors (Lipinski definition) is 5. The summed E-state index contributed by atoms with van der Waals surface area (Å²) in [7, 11) is 1.58. The smallest absolute Gasteiger partial charge is 0.283 e. The molecule has 2 aromatic carbocycles. The van der Waals surface area contributed by atoms with Gasteiger partial charge in [0.2, 0.25) is 0 Å². The molecule has 2 aliphatic rings. The molecule has 2 N–H and O–H groups in total. The van der Waals surface area contributed by atoms with E-state index in [1.165, 1.54) is 16.7 Å². The second-order valence-electron chi connectivity index (χ2n) is 10.1. The Balaban J connectivity index is 1.70. The quantitative estimate of drug-likeness (QED) is 0.379. The number of hydrogen-bond donors (Lipinski definition) is 2. The van der Waals surface area contributed by atoms with Gasteiger partial charge in [0.25, 0.3) is 5.92 Å². The van der Waals surface area contributed by atoms with Crippen LogP contribution in [0.5, 0.6) is 11.5 Å². The fraction of sp³-hybridized carbons (Fsp3) is 0.517. The van der Waals surface area contributed by atoms with Crippen molar-refractivity contribution in [1.29, 1.82) is 0 Å². The molecule has 0 unspecified atom stereocenters. The summed E-state index contributed by atoms with van der Waals surface area (Å²) in [5.74, 6) is -2.03. The van der Waals surface area contributed by atoms with Gasteiger partial charge < -0.3 is 19.9 Å². The van der Waals surface area contributed by atoms with Crippen LogP contribution in [0.15, 0.2) is 48.0 Å². The second kappa shape index (κ2) is 11.9. The average Bonchev–Trinajstić information content (AvgIpc) is 3.25. The molecule has 0 bridgehead atoms. The Kier molecular flexibility index (Phi) is 8.82. The van der Waals surface area contributed by atoms with Gasteiger partial charge in [-0.05, 0) is 80.1 Å². The summed E-state index contributed by atoms with van der Waals surface area (Å²) in [5, 5.41) is 12.6. The predicted octanol–water partition coefficient (Wildman–Crippen LogP) is 5.18. The van der Waals surface area contributed by atoms with Crippen LogP contribution in [0.4, 0.5) is 13.2 Å². The lowest BCUT2D eigenvalue weighted by molar-refractivity contribution is -0.0858. The summed E-state index contributed by atoms with van der Waals surface area (Å²) in [6, 6.07) is 13.1. The number of methoxy groups -OCH3 is 1. The van der Waals surface area contributed by atoms with Crippen molar-refractivity contribution in [2.24, 2.45) is 0 Å². The summed E-state index contributed by atoms with van der Waals surface area (Å²) >= 11 is 0. The maximum Gasteiger partial charge on any atom is 0.283 e. The first kappa shape index (κ1) is 27.5. The van der Waals surface area contributed by atoms with Gasteiger partial charge in [-0.1, -0.05) is 24.3 Å². The molecule has 1 aliphatic carbocycles. The van der Waals surface area contributed by atoms with Crippen LogP contribution in [-0.4, -0.2) is 68.1 Å². The van der Waals surface area contributed by atoms with Gasteiger partial charge >= 0.3 is 0 Å². The van der Waals surface area contributed by atoms with Crippen molar-refractivity contribution < 1.29 is 27.8 Å². The van der Waals surface area contributed by atoms with Gasteiger partial charge in [-0.25, -0.2) is 8.78 Å². The minimum atomic E-state index is -3.24. The Morgan fingerprint density at radius 2 is 2.00 bits per heavy atom. The van der Waals surface area contributed by atoms with E-state index < -0.39 is 25.1 Å². The van der Waals surface area contributed by atoms with Crippen molar-refractivity contribution in [3.8, 4) is 11.5 Å². The first-order valence-electron chi connectivity index (χ1n) is 12.9. The lowest BCUT2D eigenvalue weighted by Crippen LogP contribution is -2.48. The Hall–Kier alpha value is -2.55. The summed E-state index contributed by atoms with van der Waals surface area (Å²) < 4.78 is 53.4. The molecule has 0 fully saturated rings. The molecule has 37 heavy (non-hydrogen) atoms. The molecule has 2 aromatic rings. The minimum Gasteiger partial charge on any atom is -0.496 e. The van der Waals surface area contributed by atoms with Gasteiger partial charge in [-0.2, -0.15) is 0 Å². The molecule has 0 radical (unpaired) electrons. The number of rotatable bonds is 12. The number of benzene rings is 2. The number of nitrogens with zero attached hydrogens (tertiary/aromatic N) is 1. The standard InChI is InChI=1S/C29H37F3N2O3/c1-19(33-12-6-11-30)16-37-22-9-10-27(36-3)26(15-22)28-25-14-21-7-4-5-8-23(21)24(25)13-20(2)34(28)17-29(31,32)18-35/h4-5,7-10,15,19-20,28,33,35H,6,11-14,16-18H2,1-3H3/t19-,20+,28-/m0/s1. The van der Waals surface area contributed by atoms with Crippen molar-refractivity contribution in [3.63, 3.8) is 0 Å². The van der Waals surface area contributed by atoms with Gasteiger partial charge in [0.1, 0.15) is 24.7 Å². The van der Waals surface area contributed by atoms with Crippen molar-refractivity contribution in [3.05, 3.63) is 64.7 Å². The van der Waals surface area contributed by atoms with E-state index in [0.717, 1.165) is 11.1 Å². The maximum absolute atomic E-state index is 14.6. The van der Waals surface area contributed by atoms with Gasteiger partial charge in [0.05, 0.1) is 26.4 Å². The van der Waals surface area contributed by atoms with Crippen molar-refractivity contribution >= 4 is 5.57 Å². The van der Waals surface area contributed by atoms with Crippen LogP contribution in [0.1, 0.15) is 49.4 Å². The van der Waals surface area contributed by atoms with E-state index in [0.29, 0.717) is 43.9 Å².